The number of amides is 1. The molecule has 2 aromatic heterocycles. The van der Waals surface area contributed by atoms with Crippen molar-refractivity contribution in [1.82, 2.24) is 4.98 Å². The molecular weight excluding hydrogens is 452 g/mol. The summed E-state index contributed by atoms with van der Waals surface area (Å²) in [5.74, 6) is -0.179. The van der Waals surface area contributed by atoms with Crippen LogP contribution in [0, 0.1) is 6.92 Å². The number of carbonyl (C=O) groups excluding carboxylic acids is 1. The molecule has 9 heteroatoms. The third-order valence-corrected chi connectivity index (χ3v) is 6.65. The van der Waals surface area contributed by atoms with Gasteiger partial charge < -0.3 is 4.42 Å². The summed E-state index contributed by atoms with van der Waals surface area (Å²) in [6.07, 6.45) is 1.15. The predicted octanol–water partition coefficient (Wildman–Crippen LogP) is 4.77. The number of furan rings is 1. The quantitative estimate of drug-likeness (QED) is 0.471. The number of nitrogens with one attached hydrogen (secondary N) is 1. The fraction of sp³-hybridized carbons (Fsp3) is 0.111. The van der Waals surface area contributed by atoms with Gasteiger partial charge in [-0.1, -0.05) is 27.3 Å². The van der Waals surface area contributed by atoms with E-state index in [-0.39, 0.29) is 10.7 Å². The number of aryl methyl sites for hydroxylation is 1. The van der Waals surface area contributed by atoms with Crippen LogP contribution < -0.4 is 5.32 Å². The van der Waals surface area contributed by atoms with Gasteiger partial charge in [0.1, 0.15) is 5.58 Å². The maximum atomic E-state index is 12.6. The average Bonchev–Trinajstić information content (AvgIpc) is 3.14. The number of nitrogens with zero attached hydrogens (tertiary/aromatic N) is 1. The van der Waals surface area contributed by atoms with Crippen LogP contribution in [0.2, 0.25) is 0 Å². The van der Waals surface area contributed by atoms with E-state index in [9.17, 15) is 13.2 Å². The van der Waals surface area contributed by atoms with Crippen molar-refractivity contribution in [3.05, 3.63) is 52.2 Å². The largest absolute Gasteiger partial charge is 0.451 e. The highest BCUT2D eigenvalue weighted by Gasteiger charge is 2.19. The molecule has 0 atom stereocenters. The lowest BCUT2D eigenvalue weighted by molar-refractivity contribution is 0.0998. The molecule has 2 heterocycles. The molecule has 4 rings (SSSR count). The number of fused-ring (bicyclic) bond motifs is 2. The lowest BCUT2D eigenvalue weighted by atomic mass is 10.1. The topological polar surface area (TPSA) is 89.3 Å². The van der Waals surface area contributed by atoms with Crippen molar-refractivity contribution in [3.63, 3.8) is 0 Å². The normalized spacial score (nSPS) is 12.0. The van der Waals surface area contributed by atoms with E-state index >= 15 is 0 Å². The molecule has 0 bridgehead atoms. The molecule has 0 aliphatic rings. The van der Waals surface area contributed by atoms with Gasteiger partial charge in [0.25, 0.3) is 5.91 Å². The van der Waals surface area contributed by atoms with Gasteiger partial charge in [-0.15, -0.1) is 0 Å². The molecule has 27 heavy (non-hydrogen) atoms. The number of benzene rings is 2. The Labute approximate surface area is 167 Å². The number of sulfone groups is 1. The Morgan fingerprint density at radius 3 is 2.74 bits per heavy atom. The second kappa shape index (κ2) is 6.43. The molecule has 0 saturated carbocycles. The number of anilines is 1. The summed E-state index contributed by atoms with van der Waals surface area (Å²) in [5.41, 5.74) is 1.99. The zero-order chi connectivity index (χ0) is 19.3. The Balaban J connectivity index is 1.68. The van der Waals surface area contributed by atoms with Crippen LogP contribution in [0.1, 0.15) is 16.1 Å². The molecule has 0 fully saturated rings. The first-order valence-corrected chi connectivity index (χ1v) is 11.3. The molecule has 0 aliphatic heterocycles. The first kappa shape index (κ1) is 18.1. The van der Waals surface area contributed by atoms with Gasteiger partial charge in [-0.3, -0.25) is 10.1 Å². The number of carbonyl (C=O) groups is 1. The molecular formula is C18H13BrN2O4S2. The molecule has 1 amide bonds. The SMILES string of the molecule is Cc1c(C(=O)Nc2nc3ccc(S(C)(=O)=O)cc3s2)oc2ccc(Br)cc12. The number of hydrogen-bond donors (Lipinski definition) is 1. The van der Waals surface area contributed by atoms with Gasteiger partial charge in [-0.25, -0.2) is 13.4 Å². The second-order valence-corrected chi connectivity index (χ2v) is 10.0. The summed E-state index contributed by atoms with van der Waals surface area (Å²) < 4.78 is 30.7. The molecule has 6 nitrogen and oxygen atoms in total. The zero-order valence-corrected chi connectivity index (χ0v) is 17.5. The Kier molecular flexibility index (Phi) is 4.32. The first-order chi connectivity index (χ1) is 12.7. The van der Waals surface area contributed by atoms with Gasteiger partial charge in [-0.05, 0) is 43.3 Å². The smallest absolute Gasteiger partial charge is 0.293 e. The Bertz CT molecular complexity index is 1320. The van der Waals surface area contributed by atoms with Gasteiger partial charge in [0.05, 0.1) is 15.1 Å². The zero-order valence-electron chi connectivity index (χ0n) is 14.2. The fourth-order valence-electron chi connectivity index (χ4n) is 2.75. The first-order valence-electron chi connectivity index (χ1n) is 7.83. The molecule has 0 aliphatic carbocycles. The van der Waals surface area contributed by atoms with E-state index in [4.69, 9.17) is 4.42 Å². The number of hydrogen-bond acceptors (Lipinski definition) is 6. The summed E-state index contributed by atoms with van der Waals surface area (Å²) >= 11 is 4.62. The van der Waals surface area contributed by atoms with Crippen molar-refractivity contribution in [3.8, 4) is 0 Å². The lowest BCUT2D eigenvalue weighted by Crippen LogP contribution is -2.11. The maximum Gasteiger partial charge on any atom is 0.293 e. The van der Waals surface area contributed by atoms with Crippen LogP contribution in [0.15, 0.2) is 50.2 Å². The van der Waals surface area contributed by atoms with Crippen LogP contribution >= 0.6 is 27.3 Å². The van der Waals surface area contributed by atoms with Crippen LogP contribution in [0.25, 0.3) is 21.2 Å². The van der Waals surface area contributed by atoms with Crippen molar-refractivity contribution >= 4 is 69.3 Å². The van der Waals surface area contributed by atoms with Crippen LogP contribution in [0.5, 0.6) is 0 Å². The monoisotopic (exact) mass is 464 g/mol. The van der Waals surface area contributed by atoms with Crippen LogP contribution in [0.4, 0.5) is 5.13 Å². The van der Waals surface area contributed by atoms with E-state index in [1.165, 1.54) is 17.4 Å². The Hall–Kier alpha value is -2.23. The number of rotatable bonds is 3. The van der Waals surface area contributed by atoms with Gasteiger partial charge in [-0.2, -0.15) is 0 Å². The van der Waals surface area contributed by atoms with Gasteiger partial charge in [0.15, 0.2) is 20.7 Å². The Morgan fingerprint density at radius 2 is 2.00 bits per heavy atom. The number of thiazole rings is 1. The lowest BCUT2D eigenvalue weighted by Gasteiger charge is -1.98. The highest BCUT2D eigenvalue weighted by atomic mass is 79.9. The second-order valence-electron chi connectivity index (χ2n) is 6.07. The average molecular weight is 465 g/mol. The van der Waals surface area contributed by atoms with Gasteiger partial charge >= 0.3 is 0 Å². The molecule has 0 spiro atoms. The molecule has 0 saturated heterocycles. The molecule has 4 aromatic rings. The minimum Gasteiger partial charge on any atom is -0.451 e. The Morgan fingerprint density at radius 1 is 1.22 bits per heavy atom. The van der Waals surface area contributed by atoms with E-state index in [1.54, 1.807) is 18.2 Å². The number of halogens is 1. The highest BCUT2D eigenvalue weighted by molar-refractivity contribution is 9.10. The van der Waals surface area contributed by atoms with E-state index in [1.807, 2.05) is 19.1 Å². The predicted molar refractivity (Wildman–Crippen MR) is 109 cm³/mol. The van der Waals surface area contributed by atoms with Crippen molar-refractivity contribution < 1.29 is 17.6 Å². The molecule has 0 radical (unpaired) electrons. The summed E-state index contributed by atoms with van der Waals surface area (Å²) in [7, 11) is -3.30. The van der Waals surface area contributed by atoms with E-state index < -0.39 is 15.7 Å². The van der Waals surface area contributed by atoms with Crippen LogP contribution in [0.3, 0.4) is 0 Å². The van der Waals surface area contributed by atoms with Crippen LogP contribution in [-0.4, -0.2) is 25.6 Å². The minimum absolute atomic E-state index is 0.218. The third-order valence-electron chi connectivity index (χ3n) is 4.11. The molecule has 1 N–H and O–H groups in total. The molecule has 138 valence electrons. The fourth-order valence-corrected chi connectivity index (χ4v) is 4.74. The van der Waals surface area contributed by atoms with Crippen LogP contribution in [-0.2, 0) is 9.84 Å². The van der Waals surface area contributed by atoms with Crippen molar-refractivity contribution in [2.45, 2.75) is 11.8 Å². The van der Waals surface area contributed by atoms with Crippen molar-refractivity contribution in [1.29, 1.82) is 0 Å². The summed E-state index contributed by atoms with van der Waals surface area (Å²) in [6.45, 7) is 1.82. The summed E-state index contributed by atoms with van der Waals surface area (Å²) in [5, 5.41) is 3.97. The van der Waals surface area contributed by atoms with E-state index in [2.05, 4.69) is 26.2 Å². The summed E-state index contributed by atoms with van der Waals surface area (Å²) in [4.78, 5) is 17.2. The number of aromatic nitrogens is 1. The van der Waals surface area contributed by atoms with E-state index in [0.717, 1.165) is 21.7 Å². The third kappa shape index (κ3) is 3.38. The van der Waals surface area contributed by atoms with Crippen molar-refractivity contribution in [2.75, 3.05) is 11.6 Å². The molecule has 0 unspecified atom stereocenters. The summed E-state index contributed by atoms with van der Waals surface area (Å²) in [6, 6.07) is 10.2. The van der Waals surface area contributed by atoms with Gasteiger partial charge in [0, 0.05) is 21.7 Å². The molecule has 2 aromatic carbocycles. The highest BCUT2D eigenvalue weighted by Crippen LogP contribution is 2.31. The van der Waals surface area contributed by atoms with Gasteiger partial charge in [0.2, 0.25) is 0 Å². The minimum atomic E-state index is -3.30. The van der Waals surface area contributed by atoms with Crippen molar-refractivity contribution in [2.24, 2.45) is 0 Å². The van der Waals surface area contributed by atoms with E-state index in [0.29, 0.717) is 20.9 Å². The standard InChI is InChI=1S/C18H13BrN2O4S2/c1-9-12-7-10(19)3-6-14(12)25-16(9)17(22)21-18-20-13-5-4-11(27(2,23)24)8-15(13)26-18/h3-8H,1-2H3,(H,20,21,22). The maximum absolute atomic E-state index is 12.6.